The van der Waals surface area contributed by atoms with Crippen LogP contribution in [0, 0.1) is 11.3 Å². The molecule has 3 N–H and O–H groups in total. The molecule has 3 aromatic rings. The number of aromatic nitrogens is 4. The van der Waals surface area contributed by atoms with Crippen LogP contribution in [0.5, 0.6) is 0 Å². The number of H-pyrrole nitrogens is 1. The second-order valence-corrected chi connectivity index (χ2v) is 6.97. The number of thioether (sulfide) groups is 1. The standard InChI is InChI=1S/C18H18N6O2S/c1-2-3-8-27-18-22-14(20)13-15(23-18)24(17(26)16(25)21-13)10-12-7-5-4-6-11(12)9-19/h4-7H,2-3,8,10H2,1H3,(H,21,25)(H2,20,22,23). The molecule has 3 rings (SSSR count). The molecule has 138 valence electrons. The summed E-state index contributed by atoms with van der Waals surface area (Å²) in [5.74, 6) is 0.935. The summed E-state index contributed by atoms with van der Waals surface area (Å²) in [7, 11) is 0. The van der Waals surface area contributed by atoms with E-state index >= 15 is 0 Å². The fourth-order valence-corrected chi connectivity index (χ4v) is 3.53. The van der Waals surface area contributed by atoms with Crippen LogP contribution in [0.1, 0.15) is 30.9 Å². The summed E-state index contributed by atoms with van der Waals surface area (Å²) in [5, 5.41) is 9.73. The molecular formula is C18H18N6O2S. The van der Waals surface area contributed by atoms with E-state index < -0.39 is 11.1 Å². The Bertz CT molecular complexity index is 1150. The van der Waals surface area contributed by atoms with Gasteiger partial charge in [0.05, 0.1) is 18.2 Å². The third kappa shape index (κ3) is 3.85. The van der Waals surface area contributed by atoms with Crippen molar-refractivity contribution < 1.29 is 0 Å². The average Bonchev–Trinajstić information content (AvgIpc) is 2.67. The minimum absolute atomic E-state index is 0.0402. The van der Waals surface area contributed by atoms with E-state index in [0.717, 1.165) is 18.6 Å². The molecule has 9 heteroatoms. The smallest absolute Gasteiger partial charge is 0.318 e. The zero-order valence-electron chi connectivity index (χ0n) is 14.7. The molecule has 1 aromatic carbocycles. The van der Waals surface area contributed by atoms with E-state index in [1.54, 1.807) is 24.3 Å². The Kier molecular flexibility index (Phi) is 5.57. The van der Waals surface area contributed by atoms with E-state index in [1.165, 1.54) is 16.3 Å². The molecule has 0 unspecified atom stereocenters. The number of aromatic amines is 1. The Morgan fingerprint density at radius 1 is 1.30 bits per heavy atom. The van der Waals surface area contributed by atoms with Crippen molar-refractivity contribution in [3.63, 3.8) is 0 Å². The quantitative estimate of drug-likeness (QED) is 0.288. The Hall–Kier alpha value is -3.12. The average molecular weight is 382 g/mol. The highest BCUT2D eigenvalue weighted by Gasteiger charge is 2.15. The van der Waals surface area contributed by atoms with E-state index in [9.17, 15) is 14.9 Å². The van der Waals surface area contributed by atoms with E-state index in [4.69, 9.17) is 5.73 Å². The number of nitrogen functional groups attached to an aromatic ring is 1. The number of hydrogen-bond acceptors (Lipinski definition) is 7. The molecule has 0 atom stereocenters. The molecule has 0 amide bonds. The van der Waals surface area contributed by atoms with Crippen LogP contribution in [-0.4, -0.2) is 25.3 Å². The maximum absolute atomic E-state index is 12.5. The number of nitrogens with zero attached hydrogens (tertiary/aromatic N) is 4. The number of unbranched alkanes of at least 4 members (excludes halogenated alkanes) is 1. The van der Waals surface area contributed by atoms with Gasteiger partial charge in [-0.1, -0.05) is 43.3 Å². The van der Waals surface area contributed by atoms with Gasteiger partial charge >= 0.3 is 11.1 Å². The number of benzene rings is 1. The maximum atomic E-state index is 12.5. The van der Waals surface area contributed by atoms with Crippen LogP contribution in [0.25, 0.3) is 11.2 Å². The van der Waals surface area contributed by atoms with E-state index in [0.29, 0.717) is 16.3 Å². The summed E-state index contributed by atoms with van der Waals surface area (Å²) < 4.78 is 1.24. The van der Waals surface area contributed by atoms with Gasteiger partial charge < -0.3 is 10.7 Å². The lowest BCUT2D eigenvalue weighted by atomic mass is 10.1. The van der Waals surface area contributed by atoms with Crippen LogP contribution in [0.2, 0.25) is 0 Å². The van der Waals surface area contributed by atoms with Crippen LogP contribution in [0.3, 0.4) is 0 Å². The lowest BCUT2D eigenvalue weighted by molar-refractivity contribution is 0.753. The fourth-order valence-electron chi connectivity index (χ4n) is 2.60. The van der Waals surface area contributed by atoms with Gasteiger partial charge in [0.1, 0.15) is 5.52 Å². The van der Waals surface area contributed by atoms with Crippen molar-refractivity contribution in [1.82, 2.24) is 19.5 Å². The summed E-state index contributed by atoms with van der Waals surface area (Å²) in [4.78, 5) is 35.7. The van der Waals surface area contributed by atoms with Gasteiger partial charge in [0.25, 0.3) is 0 Å². The first-order valence-electron chi connectivity index (χ1n) is 8.46. The van der Waals surface area contributed by atoms with Gasteiger partial charge in [-0.05, 0) is 18.1 Å². The normalized spacial score (nSPS) is 10.8. The zero-order valence-corrected chi connectivity index (χ0v) is 15.5. The van der Waals surface area contributed by atoms with Crippen molar-refractivity contribution in [3.05, 3.63) is 56.1 Å². The highest BCUT2D eigenvalue weighted by Crippen LogP contribution is 2.21. The lowest BCUT2D eigenvalue weighted by Gasteiger charge is -2.12. The monoisotopic (exact) mass is 382 g/mol. The molecule has 0 aliphatic rings. The minimum Gasteiger partial charge on any atom is -0.382 e. The highest BCUT2D eigenvalue weighted by molar-refractivity contribution is 7.99. The first kappa shape index (κ1) is 18.7. The zero-order chi connectivity index (χ0) is 19.4. The summed E-state index contributed by atoms with van der Waals surface area (Å²) in [5.41, 5.74) is 5.95. The minimum atomic E-state index is -0.807. The predicted molar refractivity (Wildman–Crippen MR) is 105 cm³/mol. The molecule has 0 radical (unpaired) electrons. The van der Waals surface area contributed by atoms with Crippen molar-refractivity contribution in [3.8, 4) is 6.07 Å². The second-order valence-electron chi connectivity index (χ2n) is 5.91. The van der Waals surface area contributed by atoms with Crippen molar-refractivity contribution in [2.75, 3.05) is 11.5 Å². The van der Waals surface area contributed by atoms with Crippen LogP contribution >= 0.6 is 11.8 Å². The van der Waals surface area contributed by atoms with Crippen molar-refractivity contribution >= 4 is 28.7 Å². The molecule has 8 nitrogen and oxygen atoms in total. The molecule has 0 aliphatic heterocycles. The van der Waals surface area contributed by atoms with Crippen LogP contribution in [-0.2, 0) is 6.54 Å². The fraction of sp³-hybridized carbons (Fsp3) is 0.278. The number of nitrogens with two attached hydrogens (primary N) is 1. The molecule has 0 aliphatic carbocycles. The Morgan fingerprint density at radius 2 is 2.07 bits per heavy atom. The van der Waals surface area contributed by atoms with E-state index in [2.05, 4.69) is 27.9 Å². The third-order valence-electron chi connectivity index (χ3n) is 4.03. The second kappa shape index (κ2) is 8.05. The lowest BCUT2D eigenvalue weighted by Crippen LogP contribution is -2.37. The molecule has 0 saturated carbocycles. The molecule has 0 bridgehead atoms. The third-order valence-corrected chi connectivity index (χ3v) is 4.96. The molecule has 2 aromatic heterocycles. The summed E-state index contributed by atoms with van der Waals surface area (Å²) >= 11 is 1.44. The van der Waals surface area contributed by atoms with Gasteiger partial charge in [-0.3, -0.25) is 14.2 Å². The summed E-state index contributed by atoms with van der Waals surface area (Å²) in [6.45, 7) is 2.13. The van der Waals surface area contributed by atoms with Crippen LogP contribution in [0.15, 0.2) is 39.0 Å². The van der Waals surface area contributed by atoms with E-state index in [1.807, 2.05) is 0 Å². The van der Waals surface area contributed by atoms with Gasteiger partial charge in [0.15, 0.2) is 16.6 Å². The summed E-state index contributed by atoms with van der Waals surface area (Å²) in [6.07, 6.45) is 2.04. The Morgan fingerprint density at radius 3 is 2.81 bits per heavy atom. The molecule has 0 fully saturated rings. The topological polar surface area (TPSA) is 130 Å². The number of fused-ring (bicyclic) bond motifs is 1. The maximum Gasteiger partial charge on any atom is 0.318 e. The van der Waals surface area contributed by atoms with Crippen LogP contribution < -0.4 is 16.9 Å². The van der Waals surface area contributed by atoms with Gasteiger partial charge in [0, 0.05) is 5.75 Å². The predicted octanol–water partition coefficient (Wildman–Crippen LogP) is 1.87. The molecule has 2 heterocycles. The molecular weight excluding hydrogens is 364 g/mol. The van der Waals surface area contributed by atoms with Crippen LogP contribution in [0.4, 0.5) is 5.82 Å². The number of rotatable bonds is 6. The Balaban J connectivity index is 2.17. The van der Waals surface area contributed by atoms with Gasteiger partial charge in [-0.2, -0.15) is 5.26 Å². The number of hydrogen-bond donors (Lipinski definition) is 2. The van der Waals surface area contributed by atoms with Crippen molar-refractivity contribution in [2.45, 2.75) is 31.5 Å². The van der Waals surface area contributed by atoms with Crippen molar-refractivity contribution in [1.29, 1.82) is 5.26 Å². The molecule has 0 spiro atoms. The molecule has 0 saturated heterocycles. The number of anilines is 1. The van der Waals surface area contributed by atoms with E-state index in [-0.39, 0.29) is 23.5 Å². The SMILES string of the molecule is CCCCSc1nc(N)c2[nH]c(=O)c(=O)n(Cc3ccccc3C#N)c2n1. The first-order chi connectivity index (χ1) is 13.0. The summed E-state index contributed by atoms with van der Waals surface area (Å²) in [6, 6.07) is 8.99. The largest absolute Gasteiger partial charge is 0.382 e. The van der Waals surface area contributed by atoms with Gasteiger partial charge in [-0.25, -0.2) is 9.97 Å². The molecule has 27 heavy (non-hydrogen) atoms. The van der Waals surface area contributed by atoms with Gasteiger partial charge in [-0.15, -0.1) is 0 Å². The highest BCUT2D eigenvalue weighted by atomic mass is 32.2. The number of nitriles is 1. The van der Waals surface area contributed by atoms with Crippen molar-refractivity contribution in [2.24, 2.45) is 0 Å². The first-order valence-corrected chi connectivity index (χ1v) is 9.44. The Labute approximate surface area is 159 Å². The van der Waals surface area contributed by atoms with Gasteiger partial charge in [0.2, 0.25) is 0 Å². The number of nitrogens with one attached hydrogen (secondary N) is 1.